The Balaban J connectivity index is 2.01. The molecule has 1 saturated carbocycles. The topological polar surface area (TPSA) is 90.0 Å². The summed E-state index contributed by atoms with van der Waals surface area (Å²) in [7, 11) is -1.18. The summed E-state index contributed by atoms with van der Waals surface area (Å²) in [6.07, 6.45) is 5.44. The van der Waals surface area contributed by atoms with Gasteiger partial charge in [-0.05, 0) is 68.0 Å². The minimum Gasteiger partial charge on any atom is -0.352 e. The van der Waals surface area contributed by atoms with Crippen LogP contribution in [0.15, 0.2) is 36.4 Å². The van der Waals surface area contributed by atoms with Gasteiger partial charge in [-0.1, -0.05) is 67.6 Å². The van der Waals surface area contributed by atoms with E-state index in [1.165, 1.54) is 19.0 Å². The van der Waals surface area contributed by atoms with E-state index in [0.29, 0.717) is 33.3 Å². The first kappa shape index (κ1) is 32.2. The van der Waals surface area contributed by atoms with Crippen molar-refractivity contribution < 1.29 is 18.0 Å². The lowest BCUT2D eigenvalue weighted by Gasteiger charge is -2.35. The number of carbonyl (C=O) groups excluding carboxylic acids is 2. The van der Waals surface area contributed by atoms with Gasteiger partial charge in [0, 0.05) is 26.7 Å². The fourth-order valence-corrected chi connectivity index (χ4v) is 6.42. The van der Waals surface area contributed by atoms with Gasteiger partial charge < -0.3 is 10.2 Å². The van der Waals surface area contributed by atoms with Gasteiger partial charge in [-0.25, -0.2) is 4.31 Å². The summed E-state index contributed by atoms with van der Waals surface area (Å²) in [6, 6.07) is 9.79. The molecular formula is C29H40Cl2N4O4S. The van der Waals surface area contributed by atoms with E-state index in [2.05, 4.69) is 5.32 Å². The molecule has 11 heteroatoms. The van der Waals surface area contributed by atoms with Gasteiger partial charge in [-0.15, -0.1) is 0 Å². The summed E-state index contributed by atoms with van der Waals surface area (Å²) in [4.78, 5) is 29.1. The number of benzene rings is 2. The minimum absolute atomic E-state index is 0.0645. The number of anilines is 1. The fourth-order valence-electron chi connectivity index (χ4n) is 4.99. The lowest BCUT2D eigenvalue weighted by molar-refractivity contribution is -0.140. The van der Waals surface area contributed by atoms with Crippen molar-refractivity contribution in [3.63, 3.8) is 0 Å². The van der Waals surface area contributed by atoms with E-state index in [1.54, 1.807) is 31.2 Å². The molecule has 8 nitrogen and oxygen atoms in total. The Morgan fingerprint density at radius 1 is 1.00 bits per heavy atom. The molecule has 1 N–H and O–H groups in total. The Bertz CT molecular complexity index is 1310. The monoisotopic (exact) mass is 610 g/mol. The molecule has 0 spiro atoms. The molecule has 3 rings (SSSR count). The molecule has 0 saturated heterocycles. The van der Waals surface area contributed by atoms with E-state index in [0.717, 1.165) is 46.3 Å². The first-order valence-electron chi connectivity index (χ1n) is 13.7. The Hall–Kier alpha value is -2.33. The molecule has 220 valence electrons. The van der Waals surface area contributed by atoms with Crippen LogP contribution in [0.25, 0.3) is 0 Å². The predicted octanol–water partition coefficient (Wildman–Crippen LogP) is 5.48. The standard InChI is InChI=1S/C29H40Cl2N4O4S/c1-6-26(29(37)32-23-10-8-7-9-11-23)34(18-22-14-15-24(30)25(31)17-22)28(36)19-35(40(38,39)33(4)5)27-16-20(2)12-13-21(27)3/h12-17,23,26H,6-11,18-19H2,1-5H3,(H,32,37). The second-order valence-electron chi connectivity index (χ2n) is 10.6. The quantitative estimate of drug-likeness (QED) is 0.365. The Morgan fingerprint density at radius 2 is 1.68 bits per heavy atom. The number of nitrogens with one attached hydrogen (secondary N) is 1. The summed E-state index contributed by atoms with van der Waals surface area (Å²) in [5.74, 6) is -0.736. The van der Waals surface area contributed by atoms with Crippen molar-refractivity contribution in [2.24, 2.45) is 0 Å². The number of hydrogen-bond donors (Lipinski definition) is 1. The van der Waals surface area contributed by atoms with E-state index in [9.17, 15) is 18.0 Å². The maximum Gasteiger partial charge on any atom is 0.304 e. The third kappa shape index (κ3) is 7.90. The molecule has 2 aromatic rings. The van der Waals surface area contributed by atoms with Gasteiger partial charge in [0.1, 0.15) is 12.6 Å². The number of aryl methyl sites for hydroxylation is 2. The van der Waals surface area contributed by atoms with E-state index < -0.39 is 28.7 Å². The van der Waals surface area contributed by atoms with E-state index in [1.807, 2.05) is 26.0 Å². The molecule has 1 fully saturated rings. The van der Waals surface area contributed by atoms with Crippen molar-refractivity contribution in [1.82, 2.24) is 14.5 Å². The highest BCUT2D eigenvalue weighted by Gasteiger charge is 2.35. The third-order valence-electron chi connectivity index (χ3n) is 7.33. The first-order chi connectivity index (χ1) is 18.8. The van der Waals surface area contributed by atoms with Crippen molar-refractivity contribution in [3.8, 4) is 0 Å². The molecular weight excluding hydrogens is 571 g/mol. The fraction of sp³-hybridized carbons (Fsp3) is 0.517. The van der Waals surface area contributed by atoms with Gasteiger partial charge in [0.2, 0.25) is 11.8 Å². The molecule has 0 aromatic heterocycles. The highest BCUT2D eigenvalue weighted by Crippen LogP contribution is 2.28. The second kappa shape index (κ2) is 14.0. The summed E-state index contributed by atoms with van der Waals surface area (Å²) < 4.78 is 29.2. The molecule has 0 radical (unpaired) electrons. The van der Waals surface area contributed by atoms with Gasteiger partial charge in [0.15, 0.2) is 0 Å². The average molecular weight is 612 g/mol. The number of rotatable bonds is 11. The predicted molar refractivity (Wildman–Crippen MR) is 162 cm³/mol. The molecule has 2 aromatic carbocycles. The number of nitrogens with zero attached hydrogens (tertiary/aromatic N) is 3. The Morgan fingerprint density at radius 3 is 2.27 bits per heavy atom. The molecule has 0 heterocycles. The van der Waals surface area contributed by atoms with Gasteiger partial charge in [0.25, 0.3) is 0 Å². The number of hydrogen-bond acceptors (Lipinski definition) is 4. The van der Waals surface area contributed by atoms with Crippen molar-refractivity contribution in [2.75, 3.05) is 24.9 Å². The van der Waals surface area contributed by atoms with Gasteiger partial charge >= 0.3 is 10.2 Å². The highest BCUT2D eigenvalue weighted by molar-refractivity contribution is 7.90. The summed E-state index contributed by atoms with van der Waals surface area (Å²) in [5.41, 5.74) is 2.66. The Kier molecular flexibility index (Phi) is 11.3. The van der Waals surface area contributed by atoms with Gasteiger partial charge in [-0.2, -0.15) is 12.7 Å². The summed E-state index contributed by atoms with van der Waals surface area (Å²) >= 11 is 12.4. The van der Waals surface area contributed by atoms with Crippen LogP contribution in [0.1, 0.15) is 62.1 Å². The van der Waals surface area contributed by atoms with Crippen LogP contribution < -0.4 is 9.62 Å². The molecule has 1 aliphatic carbocycles. The minimum atomic E-state index is -4.04. The maximum absolute atomic E-state index is 14.1. The van der Waals surface area contributed by atoms with Gasteiger partial charge in [0.05, 0.1) is 15.7 Å². The van der Waals surface area contributed by atoms with Crippen LogP contribution in [0.3, 0.4) is 0 Å². The summed E-state index contributed by atoms with van der Waals surface area (Å²) in [5, 5.41) is 3.85. The van der Waals surface area contributed by atoms with Gasteiger partial charge in [-0.3, -0.25) is 9.59 Å². The van der Waals surface area contributed by atoms with Crippen LogP contribution in [0.5, 0.6) is 0 Å². The highest BCUT2D eigenvalue weighted by atomic mass is 35.5. The number of amides is 2. The maximum atomic E-state index is 14.1. The molecule has 1 aliphatic rings. The van der Waals surface area contributed by atoms with E-state index >= 15 is 0 Å². The van der Waals surface area contributed by atoms with Crippen LogP contribution in [0, 0.1) is 13.8 Å². The normalized spacial score (nSPS) is 15.1. The van der Waals surface area contributed by atoms with Crippen LogP contribution in [0.2, 0.25) is 10.0 Å². The SMILES string of the molecule is CCC(C(=O)NC1CCCCC1)N(Cc1ccc(Cl)c(Cl)c1)C(=O)CN(c1cc(C)ccc1C)S(=O)(=O)N(C)C. The smallest absolute Gasteiger partial charge is 0.304 e. The molecule has 40 heavy (non-hydrogen) atoms. The lowest BCUT2D eigenvalue weighted by Crippen LogP contribution is -2.54. The van der Waals surface area contributed by atoms with Crippen molar-refractivity contribution in [2.45, 2.75) is 77.9 Å². The van der Waals surface area contributed by atoms with Crippen LogP contribution >= 0.6 is 23.2 Å². The zero-order valence-electron chi connectivity index (χ0n) is 23.9. The third-order valence-corrected chi connectivity index (χ3v) is 9.87. The largest absolute Gasteiger partial charge is 0.352 e. The summed E-state index contributed by atoms with van der Waals surface area (Å²) in [6.45, 7) is 5.11. The van der Waals surface area contributed by atoms with Crippen LogP contribution in [-0.2, 0) is 26.3 Å². The molecule has 1 unspecified atom stereocenters. The van der Waals surface area contributed by atoms with Crippen molar-refractivity contribution in [3.05, 3.63) is 63.1 Å². The molecule has 0 bridgehead atoms. The molecule has 0 aliphatic heterocycles. The van der Waals surface area contributed by atoms with Crippen molar-refractivity contribution in [1.29, 1.82) is 0 Å². The zero-order valence-corrected chi connectivity index (χ0v) is 26.2. The Labute approximate surface area is 248 Å². The van der Waals surface area contributed by atoms with Crippen LogP contribution in [-0.4, -0.2) is 62.2 Å². The average Bonchev–Trinajstić information content (AvgIpc) is 2.91. The molecule has 2 amide bonds. The van der Waals surface area contributed by atoms with E-state index in [4.69, 9.17) is 23.2 Å². The van der Waals surface area contributed by atoms with Crippen LogP contribution in [0.4, 0.5) is 5.69 Å². The number of halogens is 2. The van der Waals surface area contributed by atoms with E-state index in [-0.39, 0.29) is 18.5 Å². The second-order valence-corrected chi connectivity index (χ2v) is 13.5. The zero-order chi connectivity index (χ0) is 29.6. The van der Waals surface area contributed by atoms with Crippen molar-refractivity contribution >= 4 is 50.9 Å². The molecule has 1 atom stereocenters. The first-order valence-corrected chi connectivity index (χ1v) is 15.8. The number of carbonyl (C=O) groups is 2. The lowest BCUT2D eigenvalue weighted by atomic mass is 9.95.